The van der Waals surface area contributed by atoms with Crippen molar-refractivity contribution in [2.45, 2.75) is 26.6 Å². The molecule has 0 saturated heterocycles. The predicted molar refractivity (Wildman–Crippen MR) is 51.6 cm³/mol. The molecule has 0 aromatic rings. The lowest BCUT2D eigenvalue weighted by Gasteiger charge is -1.97. The number of halogens is 1. The van der Waals surface area contributed by atoms with Gasteiger partial charge < -0.3 is 5.11 Å². The van der Waals surface area contributed by atoms with Gasteiger partial charge in [0.15, 0.2) is 0 Å². The largest absolute Gasteiger partial charge is 0.478 e. The molecule has 0 unspecified atom stereocenters. The molecule has 66 valence electrons. The van der Waals surface area contributed by atoms with E-state index >= 15 is 0 Å². The zero-order valence-corrected chi connectivity index (χ0v) is 9.20. The van der Waals surface area contributed by atoms with Crippen LogP contribution in [-0.2, 0) is 4.79 Å². The number of carboxylic acid groups (broad SMARTS) is 1. The van der Waals surface area contributed by atoms with E-state index in [-0.39, 0.29) is 5.57 Å². The molecule has 0 rings (SSSR count). The summed E-state index contributed by atoms with van der Waals surface area (Å²) >= 11 is 5.67. The molecule has 0 aromatic heterocycles. The number of carboxylic acids is 1. The molecule has 0 aliphatic rings. The Labute approximate surface area is 73.6 Å². The minimum atomic E-state index is -1.14. The number of hydrogen-bond donors (Lipinski definition) is 1. The van der Waals surface area contributed by atoms with Crippen molar-refractivity contribution in [3.8, 4) is 0 Å². The molecule has 0 aliphatic heterocycles. The van der Waals surface area contributed by atoms with Crippen molar-refractivity contribution < 1.29 is 9.90 Å². The van der Waals surface area contributed by atoms with Crippen LogP contribution >= 0.6 is 11.1 Å². The monoisotopic (exact) mass is 194 g/mol. The maximum atomic E-state index is 9.60. The van der Waals surface area contributed by atoms with Crippen LogP contribution in [0.25, 0.3) is 0 Å². The Balaban J connectivity index is 0. The first-order valence-corrected chi connectivity index (χ1v) is 7.73. The second kappa shape index (κ2) is 5.38. The van der Waals surface area contributed by atoms with E-state index in [2.05, 4.69) is 26.2 Å². The summed E-state index contributed by atoms with van der Waals surface area (Å²) in [5, 5.41) is 7.89. The molecule has 0 bridgehead atoms. The first kappa shape index (κ1) is 13.3. The van der Waals surface area contributed by atoms with E-state index in [1.807, 2.05) is 0 Å². The first-order chi connectivity index (χ1) is 4.64. The molecule has 1 N–H and O–H groups in total. The van der Waals surface area contributed by atoms with Gasteiger partial charge in [0.05, 0.1) is 0 Å². The van der Waals surface area contributed by atoms with Gasteiger partial charge >= 0.3 is 5.97 Å². The molecular formula is C7H15ClO2Si. The predicted octanol–water partition coefficient (Wildman–Crippen LogP) is 2.71. The zero-order valence-electron chi connectivity index (χ0n) is 7.44. The van der Waals surface area contributed by atoms with Gasteiger partial charge in [0.1, 0.15) is 7.38 Å². The lowest BCUT2D eigenvalue weighted by Crippen LogP contribution is -2.06. The molecule has 0 aliphatic carbocycles. The summed E-state index contributed by atoms with van der Waals surface area (Å²) in [5.74, 6) is -0.935. The third kappa shape index (κ3) is 41.9. The van der Waals surface area contributed by atoms with Crippen molar-refractivity contribution in [2.24, 2.45) is 0 Å². The van der Waals surface area contributed by atoms with Crippen LogP contribution in [0.1, 0.15) is 6.92 Å². The topological polar surface area (TPSA) is 37.3 Å². The highest BCUT2D eigenvalue weighted by Crippen LogP contribution is 2.03. The van der Waals surface area contributed by atoms with Crippen LogP contribution in [0.4, 0.5) is 0 Å². The highest BCUT2D eigenvalue weighted by molar-refractivity contribution is 7.18. The summed E-state index contributed by atoms with van der Waals surface area (Å²) in [6, 6.07) is 0. The molecular weight excluding hydrogens is 180 g/mol. The summed E-state index contributed by atoms with van der Waals surface area (Å²) in [4.78, 5) is 9.60. The van der Waals surface area contributed by atoms with Crippen molar-refractivity contribution in [1.29, 1.82) is 0 Å². The van der Waals surface area contributed by atoms with E-state index in [0.29, 0.717) is 0 Å². The van der Waals surface area contributed by atoms with Gasteiger partial charge in [-0.3, -0.25) is 0 Å². The summed E-state index contributed by atoms with van der Waals surface area (Å²) in [7, 11) is -1.14. The molecule has 0 fully saturated rings. The van der Waals surface area contributed by atoms with Crippen LogP contribution in [0.15, 0.2) is 12.2 Å². The van der Waals surface area contributed by atoms with Crippen molar-refractivity contribution >= 4 is 24.4 Å². The molecule has 0 heterocycles. The van der Waals surface area contributed by atoms with Gasteiger partial charge in [-0.1, -0.05) is 26.2 Å². The second-order valence-corrected chi connectivity index (χ2v) is 10.7. The summed E-state index contributed by atoms with van der Waals surface area (Å²) in [5.41, 5.74) is 0.176. The third-order valence-corrected chi connectivity index (χ3v) is 0.365. The normalized spacial score (nSPS) is 9.55. The number of carbonyl (C=O) groups is 1. The molecule has 2 nitrogen and oxygen atoms in total. The van der Waals surface area contributed by atoms with E-state index in [1.165, 1.54) is 6.92 Å². The van der Waals surface area contributed by atoms with E-state index < -0.39 is 13.4 Å². The molecule has 0 aromatic carbocycles. The average molecular weight is 195 g/mol. The summed E-state index contributed by atoms with van der Waals surface area (Å²) < 4.78 is 0. The van der Waals surface area contributed by atoms with E-state index in [0.717, 1.165) is 0 Å². The summed E-state index contributed by atoms with van der Waals surface area (Å²) in [6.07, 6.45) is 0. The molecule has 0 atom stereocenters. The Morgan fingerprint density at radius 2 is 1.55 bits per heavy atom. The fourth-order valence-corrected chi connectivity index (χ4v) is 0. The molecule has 11 heavy (non-hydrogen) atoms. The quantitative estimate of drug-likeness (QED) is 0.396. The molecule has 0 spiro atoms. The zero-order chi connectivity index (χ0) is 9.65. The Bertz CT molecular complexity index is 131. The second-order valence-electron chi connectivity index (χ2n) is 3.15. The smallest absolute Gasteiger partial charge is 0.330 e. The first-order valence-electron chi connectivity index (χ1n) is 3.22. The van der Waals surface area contributed by atoms with Gasteiger partial charge in [0.25, 0.3) is 0 Å². The fourth-order valence-electron chi connectivity index (χ4n) is 0. The van der Waals surface area contributed by atoms with Crippen LogP contribution in [0.2, 0.25) is 19.6 Å². The maximum Gasteiger partial charge on any atom is 0.330 e. The van der Waals surface area contributed by atoms with Gasteiger partial charge in [0, 0.05) is 5.57 Å². The standard InChI is InChI=1S/C4H6O2.C3H9ClSi/c1-3(2)4(5)6;1-5(2,3)4/h1H2,2H3,(H,5,6);1-3H3. The van der Waals surface area contributed by atoms with Crippen molar-refractivity contribution in [2.75, 3.05) is 0 Å². The Morgan fingerprint density at radius 1 is 1.45 bits per heavy atom. The number of aliphatic carboxylic acids is 1. The molecule has 0 saturated carbocycles. The van der Waals surface area contributed by atoms with Gasteiger partial charge in [-0.05, 0) is 6.92 Å². The Hall–Kier alpha value is -0.283. The SMILES string of the molecule is C=C(C)C(=O)O.C[Si](C)(C)Cl. The third-order valence-electron chi connectivity index (χ3n) is 0.365. The Kier molecular flexibility index (Phi) is 6.51. The van der Waals surface area contributed by atoms with Crippen LogP contribution in [0, 0.1) is 0 Å². The van der Waals surface area contributed by atoms with Crippen molar-refractivity contribution in [3.05, 3.63) is 12.2 Å². The van der Waals surface area contributed by atoms with Gasteiger partial charge in [0.2, 0.25) is 0 Å². The Morgan fingerprint density at radius 3 is 1.55 bits per heavy atom. The van der Waals surface area contributed by atoms with E-state index in [4.69, 9.17) is 16.2 Å². The summed E-state index contributed by atoms with van der Waals surface area (Å²) in [6.45, 7) is 10.9. The van der Waals surface area contributed by atoms with Gasteiger partial charge in [-0.15, -0.1) is 0 Å². The van der Waals surface area contributed by atoms with Crippen molar-refractivity contribution in [3.63, 3.8) is 0 Å². The minimum Gasteiger partial charge on any atom is -0.478 e. The van der Waals surface area contributed by atoms with Crippen LogP contribution in [0.5, 0.6) is 0 Å². The lowest BCUT2D eigenvalue weighted by molar-refractivity contribution is -0.132. The average Bonchev–Trinajstić information content (AvgIpc) is 1.59. The molecule has 0 amide bonds. The minimum absolute atomic E-state index is 0.176. The van der Waals surface area contributed by atoms with Crippen LogP contribution in [0.3, 0.4) is 0 Å². The highest BCUT2D eigenvalue weighted by atomic mass is 35.6. The lowest BCUT2D eigenvalue weighted by atomic mass is 10.4. The van der Waals surface area contributed by atoms with Crippen LogP contribution < -0.4 is 0 Å². The maximum absolute atomic E-state index is 9.60. The van der Waals surface area contributed by atoms with E-state index in [1.54, 1.807) is 0 Å². The van der Waals surface area contributed by atoms with Crippen molar-refractivity contribution in [1.82, 2.24) is 0 Å². The number of hydrogen-bond acceptors (Lipinski definition) is 1. The van der Waals surface area contributed by atoms with Gasteiger partial charge in [-0.2, -0.15) is 11.1 Å². The molecule has 4 heteroatoms. The number of rotatable bonds is 1. The molecule has 0 radical (unpaired) electrons. The highest BCUT2D eigenvalue weighted by Gasteiger charge is 2.04. The van der Waals surface area contributed by atoms with Gasteiger partial charge in [-0.25, -0.2) is 4.79 Å². The van der Waals surface area contributed by atoms with Crippen LogP contribution in [-0.4, -0.2) is 18.5 Å². The van der Waals surface area contributed by atoms with E-state index in [9.17, 15) is 4.79 Å². The fraction of sp³-hybridized carbons (Fsp3) is 0.571.